The highest BCUT2D eigenvalue weighted by molar-refractivity contribution is 6.22. The topological polar surface area (TPSA) is 144 Å². The van der Waals surface area contributed by atoms with E-state index in [2.05, 4.69) is 83.0 Å². The number of hydrogen-bond acceptors (Lipinski definition) is 11. The lowest BCUT2D eigenvalue weighted by atomic mass is 9.37. The van der Waals surface area contributed by atoms with Crippen LogP contribution in [-0.4, -0.2) is 83.0 Å². The average molecular weight is 887 g/mol. The molecule has 4 aliphatic heterocycles. The van der Waals surface area contributed by atoms with Crippen molar-refractivity contribution in [3.63, 3.8) is 0 Å². The summed E-state index contributed by atoms with van der Waals surface area (Å²) in [5.74, 6) is -1.49. The van der Waals surface area contributed by atoms with Gasteiger partial charge in [0.2, 0.25) is 0 Å². The maximum absolute atomic E-state index is 15.8. The largest absolute Gasteiger partial charge is 0.482 e. The molecule has 11 nitrogen and oxygen atoms in total. The number of esters is 1. The Kier molecular flexibility index (Phi) is 11.4. The quantitative estimate of drug-likeness (QED) is 0.0553. The normalized spacial score (nSPS) is 31.0. The number of hydrogen-bond donors (Lipinski definition) is 3. The Balaban J connectivity index is 1.42. The minimum atomic E-state index is -2.11. The fourth-order valence-electron chi connectivity index (χ4n) is 13.2. The van der Waals surface area contributed by atoms with Gasteiger partial charge in [0.1, 0.15) is 29.6 Å². The number of carbonyl (C=O) groups excluding carboxylic acids is 3. The highest BCUT2D eigenvalue weighted by atomic mass is 16.5. The summed E-state index contributed by atoms with van der Waals surface area (Å²) in [6.45, 7) is 17.3. The third kappa shape index (κ3) is 6.49. The fourth-order valence-corrected chi connectivity index (χ4v) is 13.2. The number of nitrogens with zero attached hydrogens (tertiary/aromatic N) is 1. The number of carbonyl (C=O) groups is 3. The lowest BCUT2D eigenvalue weighted by Crippen LogP contribution is -2.85. The number of methoxy groups -OCH3 is 1. The smallest absolute Gasteiger partial charge is 0.333 e. The second-order valence-corrected chi connectivity index (χ2v) is 20.5. The molecule has 3 N–H and O–H groups in total. The van der Waals surface area contributed by atoms with E-state index in [0.717, 1.165) is 52.8 Å². The van der Waals surface area contributed by atoms with E-state index >= 15 is 9.59 Å². The summed E-state index contributed by atoms with van der Waals surface area (Å²) in [5.41, 5.74) is 2.73. The van der Waals surface area contributed by atoms with Crippen LogP contribution in [0.4, 0.5) is 0 Å². The zero-order chi connectivity index (χ0) is 46.4. The lowest BCUT2D eigenvalue weighted by molar-refractivity contribution is -0.284. The number of allylic oxidation sites excluding steroid dienone is 5. The zero-order valence-electron chi connectivity index (χ0n) is 39.6. The summed E-state index contributed by atoms with van der Waals surface area (Å²) in [7, 11) is 1.32. The van der Waals surface area contributed by atoms with Crippen LogP contribution in [0, 0.1) is 29.6 Å². The van der Waals surface area contributed by atoms with Crippen LogP contribution in [0.5, 0.6) is 17.2 Å². The summed E-state index contributed by atoms with van der Waals surface area (Å²) in [6.07, 6.45) is 13.9. The number of rotatable bonds is 14. The molecule has 10 rings (SSSR count). The van der Waals surface area contributed by atoms with E-state index in [-0.39, 0.29) is 48.7 Å². The van der Waals surface area contributed by atoms with Crippen molar-refractivity contribution in [3.8, 4) is 17.2 Å². The van der Waals surface area contributed by atoms with Crippen LogP contribution >= 0.6 is 0 Å². The minimum Gasteiger partial charge on any atom is -0.482 e. The molecule has 4 fully saturated rings. The molecule has 0 amide bonds. The van der Waals surface area contributed by atoms with Gasteiger partial charge in [0.15, 0.2) is 22.8 Å². The van der Waals surface area contributed by atoms with Gasteiger partial charge in [0.05, 0.1) is 36.1 Å². The van der Waals surface area contributed by atoms with Crippen LogP contribution in [0.15, 0.2) is 70.9 Å². The molecule has 65 heavy (non-hydrogen) atoms. The third-order valence-electron chi connectivity index (χ3n) is 15.8. The molecule has 3 saturated carbocycles. The molecule has 0 aromatic heterocycles. The van der Waals surface area contributed by atoms with Gasteiger partial charge < -0.3 is 34.1 Å². The number of Topliss-reactive ketones (excluding diaryl/α,β-unsaturated/α-hetero) is 2. The molecular formula is C54H66N2O9. The van der Waals surface area contributed by atoms with Gasteiger partial charge in [-0.25, -0.2) is 4.79 Å². The number of aliphatic hydroxyl groups is 2. The number of fused-ring (bicyclic) bond motifs is 7. The van der Waals surface area contributed by atoms with E-state index < -0.39 is 46.1 Å². The summed E-state index contributed by atoms with van der Waals surface area (Å²) in [4.78, 5) is 46.3. The molecule has 2 aromatic carbocycles. The summed E-state index contributed by atoms with van der Waals surface area (Å²) in [5, 5.41) is 27.0. The summed E-state index contributed by atoms with van der Waals surface area (Å²) in [6, 6.07) is 7.80. The second kappa shape index (κ2) is 16.4. The average Bonchev–Trinajstić information content (AvgIpc) is 3.83. The highest BCUT2D eigenvalue weighted by Crippen LogP contribution is 2.77. The molecular weight excluding hydrogens is 821 g/mol. The van der Waals surface area contributed by atoms with Crippen LogP contribution in [0.3, 0.4) is 0 Å². The van der Waals surface area contributed by atoms with Gasteiger partial charge >= 0.3 is 5.97 Å². The molecule has 8 aliphatic rings. The van der Waals surface area contributed by atoms with Crippen molar-refractivity contribution in [2.75, 3.05) is 33.5 Å². The molecule has 2 spiro atoms. The van der Waals surface area contributed by atoms with Crippen LogP contribution in [0.25, 0.3) is 11.8 Å². The summed E-state index contributed by atoms with van der Waals surface area (Å²) >= 11 is 0. The van der Waals surface area contributed by atoms with Gasteiger partial charge in [0, 0.05) is 71.0 Å². The second-order valence-electron chi connectivity index (χ2n) is 20.5. The van der Waals surface area contributed by atoms with E-state index in [1.54, 1.807) is 13.0 Å². The van der Waals surface area contributed by atoms with Crippen LogP contribution in [0.2, 0.25) is 0 Å². The number of ketones is 2. The molecule has 2 bridgehead atoms. The van der Waals surface area contributed by atoms with Crippen molar-refractivity contribution in [1.29, 1.82) is 0 Å². The minimum absolute atomic E-state index is 0.0566. The first-order valence-corrected chi connectivity index (χ1v) is 23.7. The van der Waals surface area contributed by atoms with Crippen LogP contribution < -0.4 is 19.5 Å². The molecule has 0 radical (unpaired) electrons. The van der Waals surface area contributed by atoms with Crippen molar-refractivity contribution in [2.24, 2.45) is 29.6 Å². The van der Waals surface area contributed by atoms with Gasteiger partial charge in [-0.05, 0) is 98.1 Å². The van der Waals surface area contributed by atoms with E-state index in [9.17, 15) is 15.0 Å². The molecule has 4 heterocycles. The Morgan fingerprint density at radius 2 is 1.77 bits per heavy atom. The SMILES string of the molecule is COC(=O)/C(C)=C\CC1(O)C(=O)C2CC(C(C)C)C13Oc1c(CC=C(C)C)c4c(c(OCNCCO)c1C15CCCN1C1=C(C(=O)c6ccccc61)C2C53)C=CC(C)(CCC=C(C)C)O4. The Hall–Kier alpha value is -4.97. The summed E-state index contributed by atoms with van der Waals surface area (Å²) < 4.78 is 27.4. The van der Waals surface area contributed by atoms with Crippen molar-refractivity contribution >= 4 is 29.3 Å². The van der Waals surface area contributed by atoms with Gasteiger partial charge in [-0.3, -0.25) is 14.9 Å². The predicted molar refractivity (Wildman–Crippen MR) is 249 cm³/mol. The maximum atomic E-state index is 15.8. The van der Waals surface area contributed by atoms with Crippen molar-refractivity contribution in [1.82, 2.24) is 10.2 Å². The monoisotopic (exact) mass is 886 g/mol. The van der Waals surface area contributed by atoms with Gasteiger partial charge in [-0.15, -0.1) is 0 Å². The first-order chi connectivity index (χ1) is 31.0. The zero-order valence-corrected chi connectivity index (χ0v) is 39.6. The predicted octanol–water partition coefficient (Wildman–Crippen LogP) is 8.42. The van der Waals surface area contributed by atoms with Crippen molar-refractivity contribution < 1.29 is 43.5 Å². The first-order valence-electron chi connectivity index (χ1n) is 23.7. The van der Waals surface area contributed by atoms with E-state index in [4.69, 9.17) is 18.9 Å². The van der Waals surface area contributed by atoms with Gasteiger partial charge in [-0.2, -0.15) is 0 Å². The van der Waals surface area contributed by atoms with E-state index in [0.29, 0.717) is 60.7 Å². The van der Waals surface area contributed by atoms with Crippen LogP contribution in [0.1, 0.15) is 127 Å². The van der Waals surface area contributed by atoms with E-state index in [1.165, 1.54) is 12.7 Å². The molecule has 4 aliphatic carbocycles. The first kappa shape index (κ1) is 45.2. The van der Waals surface area contributed by atoms with Crippen molar-refractivity contribution in [2.45, 2.75) is 123 Å². The highest BCUT2D eigenvalue weighted by Gasteiger charge is 2.84. The Morgan fingerprint density at radius 1 is 1.03 bits per heavy atom. The number of aliphatic hydroxyl groups excluding tert-OH is 1. The van der Waals surface area contributed by atoms with Crippen LogP contribution in [-0.2, 0) is 26.3 Å². The molecule has 11 heteroatoms. The Labute approximate surface area is 383 Å². The molecule has 346 valence electrons. The molecule has 2 aromatic rings. The van der Waals surface area contributed by atoms with Gasteiger partial charge in [-0.1, -0.05) is 67.5 Å². The number of ether oxygens (including phenoxy) is 4. The fraction of sp³-hybridized carbons (Fsp3) is 0.537. The third-order valence-corrected chi connectivity index (χ3v) is 15.8. The van der Waals surface area contributed by atoms with Gasteiger partial charge in [0.25, 0.3) is 0 Å². The number of benzene rings is 2. The lowest BCUT2D eigenvalue weighted by Gasteiger charge is -2.73. The molecule has 8 unspecified atom stereocenters. The standard InChI is InChI=1S/C54H66N2O9/c1-30(2)14-12-21-51(8)23-20-37-45(64-51)36(18-17-31(3)4)47-42(46(37)63-29-55-25-27-57)52-22-13-26-56(52)43-34-15-10-11-16-35(34)44(58)41(43)40-38-28-39(32(5)6)54(65-47,48(40)52)53(61,49(38)59)24-19-33(7)50(60)62-9/h10-11,14-17,19-20,23,32,38-40,48,55,57,61H,12-13,18,21-22,24-29H2,1-9H3/b33-19-. The Bertz CT molecular complexity index is 2500. The molecule has 1 saturated heterocycles. The molecule has 8 atom stereocenters. The van der Waals surface area contributed by atoms with E-state index in [1.807, 2.05) is 24.3 Å². The number of nitrogens with one attached hydrogen (secondary N) is 1. The Morgan fingerprint density at radius 3 is 2.46 bits per heavy atom. The van der Waals surface area contributed by atoms with Crippen molar-refractivity contribution in [3.05, 3.63) is 98.7 Å². The maximum Gasteiger partial charge on any atom is 0.333 e.